The fraction of sp³-hybridized carbons (Fsp3) is 0.378. The number of aliphatic carboxylic acids is 3. The number of amidine groups is 3. The van der Waals surface area contributed by atoms with Gasteiger partial charge in [0, 0.05) is 128 Å². The molecule has 0 aliphatic carbocycles. The number of aromatic nitrogens is 3. The molecule has 6 N–H and O–H groups in total. The largest absolute Gasteiger partial charge is 0.480 e. The van der Waals surface area contributed by atoms with Crippen LogP contribution in [-0.2, 0) is 47.7 Å². The molecule has 9 heterocycles. The molecule has 0 amide bonds. The number of carboxylic acid groups (broad SMARTS) is 3. The number of carbonyl (C=O) groups is 6. The van der Waals surface area contributed by atoms with Gasteiger partial charge in [-0.25, -0.2) is 83.2 Å². The zero-order valence-corrected chi connectivity index (χ0v) is 66.8. The van der Waals surface area contributed by atoms with Crippen molar-refractivity contribution in [3.8, 4) is 0 Å². The number of carbonyl (C=O) groups excluding carboxylic acids is 3. The molecule has 3 fully saturated rings. The van der Waals surface area contributed by atoms with Gasteiger partial charge in [0.15, 0.2) is 32.5 Å². The molecule has 6 aliphatic heterocycles. The first-order valence-corrected chi connectivity index (χ1v) is 39.6. The smallest absolute Gasteiger partial charge is 0.338 e. The number of esters is 3. The van der Waals surface area contributed by atoms with Crippen molar-refractivity contribution in [2.24, 2.45) is 26.8 Å². The number of nitrogens with one attached hydrogen (secondary N) is 3. The lowest BCUT2D eigenvalue weighted by molar-refractivity contribution is -0.154. The molecule has 0 bridgehead atoms. The number of ether oxygens (including phenoxy) is 4. The number of allylic oxidation sites excluding steroid dienone is 2. The Balaban J connectivity index is 0.000000181. The van der Waals surface area contributed by atoms with E-state index in [0.717, 1.165) is 30.4 Å². The summed E-state index contributed by atoms with van der Waals surface area (Å²) in [4.78, 5) is 103. The average molecular weight is 1800 g/mol. The van der Waals surface area contributed by atoms with Crippen molar-refractivity contribution in [3.63, 3.8) is 0 Å². The van der Waals surface area contributed by atoms with Gasteiger partial charge in [0.1, 0.15) is 42.2 Å². The number of hydrogen-bond donors (Lipinski definition) is 6. The maximum atomic E-state index is 14.9. The Morgan fingerprint density at radius 3 is 1.25 bits per heavy atom. The first kappa shape index (κ1) is 87.3. The molecule has 114 heavy (non-hydrogen) atoms. The summed E-state index contributed by atoms with van der Waals surface area (Å²) in [6.45, 7) is 2.67. The number of piperidine rings is 3. The Morgan fingerprint density at radius 2 is 0.921 bits per heavy atom. The van der Waals surface area contributed by atoms with Gasteiger partial charge in [0.25, 0.3) is 17.8 Å². The summed E-state index contributed by atoms with van der Waals surface area (Å²) >= 11 is 16.9. The number of alkyl halides is 6. The predicted molar refractivity (Wildman–Crippen MR) is 410 cm³/mol. The van der Waals surface area contributed by atoms with Gasteiger partial charge in [0.05, 0.1) is 62.3 Å². The summed E-state index contributed by atoms with van der Waals surface area (Å²) < 4.78 is 152. The summed E-state index contributed by atoms with van der Waals surface area (Å²) in [6.07, 6.45) is 6.64. The number of carboxylic acids is 3. The van der Waals surface area contributed by atoms with Crippen LogP contribution >= 0.6 is 77.5 Å². The molecular formula is C74H72Br2ClF9N12O13S3. The van der Waals surface area contributed by atoms with Gasteiger partial charge in [-0.2, -0.15) is 0 Å². The maximum Gasteiger partial charge on any atom is 0.338 e. The molecule has 0 radical (unpaired) electrons. The topological polar surface area (TPSA) is 322 Å². The predicted octanol–water partition coefficient (Wildman–Crippen LogP) is 12.8. The number of benzene rings is 3. The zero-order valence-electron chi connectivity index (χ0n) is 60.5. The van der Waals surface area contributed by atoms with Crippen LogP contribution in [0.3, 0.4) is 0 Å². The van der Waals surface area contributed by atoms with Crippen LogP contribution < -0.4 is 16.0 Å². The highest BCUT2D eigenvalue weighted by molar-refractivity contribution is 9.10. The number of halogens is 12. The molecule has 25 nitrogen and oxygen atoms in total. The quantitative estimate of drug-likeness (QED) is 0.0134. The third kappa shape index (κ3) is 22.7. The Kier molecular flexibility index (Phi) is 29.9. The van der Waals surface area contributed by atoms with Gasteiger partial charge < -0.3 is 50.2 Å². The van der Waals surface area contributed by atoms with E-state index < -0.39 is 140 Å². The van der Waals surface area contributed by atoms with E-state index in [4.69, 9.17) is 55.9 Å². The fourth-order valence-electron chi connectivity index (χ4n) is 13.1. The third-order valence-corrected chi connectivity index (χ3v) is 22.0. The molecule has 0 saturated carbocycles. The number of rotatable bonds is 25. The Bertz CT molecular complexity index is 4590. The van der Waals surface area contributed by atoms with Crippen LogP contribution in [0.4, 0.5) is 39.5 Å². The number of nitrogens with zero attached hydrogens (tertiary/aromatic N) is 9. The lowest BCUT2D eigenvalue weighted by Gasteiger charge is -2.38. The number of aliphatic imine (C=N–C) groups is 3. The summed E-state index contributed by atoms with van der Waals surface area (Å²) in [5, 5.41) is 42.6. The van der Waals surface area contributed by atoms with Crippen molar-refractivity contribution < 1.29 is 103 Å². The van der Waals surface area contributed by atoms with E-state index in [1.165, 1.54) is 97.2 Å². The minimum Gasteiger partial charge on any atom is -0.480 e. The second-order valence-electron chi connectivity index (χ2n) is 26.0. The number of hydrogen-bond acceptors (Lipinski definition) is 25. The highest BCUT2D eigenvalue weighted by Crippen LogP contribution is 2.43. The van der Waals surface area contributed by atoms with Crippen molar-refractivity contribution >= 4 is 131 Å². The fourth-order valence-corrected chi connectivity index (χ4v) is 16.3. The standard InChI is InChI=1S/C25H24BrF3N4O4S.C25H24ClF3N4O4S.C24H24BrF3N4O5S/c2*1-2-37-24(36)20-18(12-33-9-7-14(3-6-19(34)35)25(28,29)13-33)31-22(23-30-8-10-38-23)32-21(20)16-5-4-15(27)11-17(16)26;1-2-36-23(35)19-17(10-32-9-14(37-11-18(33)34)8-24(27,28)12-32)30-21(22-29-5-6-38-22)31-20(19)15-4-3-13(26)7-16(15)25/h2*3-6,8,10-11,14,21H,2,7,9,12-13H2,1H3,(H,31,32)(H,34,35);3-7,14,20H,2,8-12H2,1H3,(H,30,31)(H,33,34)/b2*6-3+;/t2*14?,21-;14?,20-/m000/s1. The van der Waals surface area contributed by atoms with Gasteiger partial charge in [-0.15, -0.1) is 34.0 Å². The molecule has 3 saturated heterocycles. The molecule has 608 valence electrons. The lowest BCUT2D eigenvalue weighted by Crippen LogP contribution is -2.52. The van der Waals surface area contributed by atoms with E-state index in [1.54, 1.807) is 55.5 Å². The Hall–Kier alpha value is -9.06. The van der Waals surface area contributed by atoms with Crippen LogP contribution in [0.5, 0.6) is 0 Å². The summed E-state index contributed by atoms with van der Waals surface area (Å²) in [5.41, 5.74) is 2.43. The normalized spacial score (nSPS) is 21.7. The monoisotopic (exact) mass is 1800 g/mol. The number of likely N-dealkylation sites (tertiary alicyclic amines) is 3. The van der Waals surface area contributed by atoms with Crippen molar-refractivity contribution in [1.82, 2.24) is 45.6 Å². The SMILES string of the molecule is CCOC(=O)C1=C(CN2CC(OCC(=O)O)CC(F)(F)C2)NC(c2nccs2)=N[C@H]1c1ccc(F)cc1Br.CCOC(=O)C1=C(CN2CCC(/C=C/C(=O)O)C(F)(F)C2)NC(c2nccs2)=N[C@H]1c1ccc(F)cc1Br.CCOC(=O)C1=C(CN2CCC(/C=C/C(=O)O)C(F)(F)C2)NC(c2nccs2)=N[C@H]1c1ccc(F)cc1Cl. The molecule has 40 heteroatoms. The Morgan fingerprint density at radius 1 is 0.553 bits per heavy atom. The van der Waals surface area contributed by atoms with Gasteiger partial charge in [0.2, 0.25) is 0 Å². The zero-order chi connectivity index (χ0) is 82.3. The summed E-state index contributed by atoms with van der Waals surface area (Å²) in [5.74, 6) is -18.5. The van der Waals surface area contributed by atoms with Crippen LogP contribution in [0.25, 0.3) is 0 Å². The molecule has 6 aromatic rings. The van der Waals surface area contributed by atoms with Crippen molar-refractivity contribution in [2.45, 2.75) is 82.0 Å². The Labute approximate surface area is 679 Å². The van der Waals surface area contributed by atoms with E-state index >= 15 is 0 Å². The van der Waals surface area contributed by atoms with Gasteiger partial charge >= 0.3 is 35.8 Å². The molecular weight excluding hydrogens is 1730 g/mol. The summed E-state index contributed by atoms with van der Waals surface area (Å²) in [7, 11) is 0. The maximum absolute atomic E-state index is 14.9. The minimum atomic E-state index is -3.20. The molecule has 0 spiro atoms. The van der Waals surface area contributed by atoms with Crippen LogP contribution in [0.2, 0.25) is 5.02 Å². The first-order valence-electron chi connectivity index (χ1n) is 35.0. The summed E-state index contributed by atoms with van der Waals surface area (Å²) in [6, 6.07) is 8.82. The van der Waals surface area contributed by atoms with Crippen LogP contribution in [0, 0.1) is 29.3 Å². The van der Waals surface area contributed by atoms with Crippen molar-refractivity contribution in [3.05, 3.63) is 211 Å². The number of thiazole rings is 3. The molecule has 3 aromatic heterocycles. The van der Waals surface area contributed by atoms with Crippen molar-refractivity contribution in [1.29, 1.82) is 0 Å². The van der Waals surface area contributed by atoms with Gasteiger partial charge in [-0.3, -0.25) is 29.7 Å². The lowest BCUT2D eigenvalue weighted by atomic mass is 9.91. The van der Waals surface area contributed by atoms with E-state index in [1.807, 2.05) is 0 Å². The van der Waals surface area contributed by atoms with E-state index in [9.17, 15) is 68.3 Å². The third-order valence-electron chi connectivity index (χ3n) is 18.0. The molecule has 3 unspecified atom stereocenters. The highest BCUT2D eigenvalue weighted by Gasteiger charge is 2.48. The average Bonchev–Trinajstić information content (AvgIpc) is 1.17. The van der Waals surface area contributed by atoms with Crippen LogP contribution in [-0.4, -0.2) is 207 Å². The second kappa shape index (κ2) is 39.1. The first-order chi connectivity index (χ1) is 54.2. The second-order valence-corrected chi connectivity index (χ2v) is 30.8. The van der Waals surface area contributed by atoms with E-state index in [-0.39, 0.29) is 105 Å². The molecule has 12 rings (SSSR count). The molecule has 6 aliphatic rings. The highest BCUT2D eigenvalue weighted by atomic mass is 79.9. The van der Waals surface area contributed by atoms with E-state index in [0.29, 0.717) is 63.9 Å². The van der Waals surface area contributed by atoms with Gasteiger partial charge in [-0.1, -0.05) is 73.8 Å². The molecule has 3 aromatic carbocycles. The van der Waals surface area contributed by atoms with Crippen LogP contribution in [0.1, 0.15) is 89.9 Å². The van der Waals surface area contributed by atoms with Crippen molar-refractivity contribution in [2.75, 3.05) is 85.3 Å². The molecule has 6 atom stereocenters. The van der Waals surface area contributed by atoms with E-state index in [2.05, 4.69) is 67.8 Å². The van der Waals surface area contributed by atoms with Crippen LogP contribution in [0.15, 0.2) is 171 Å². The van der Waals surface area contributed by atoms with Gasteiger partial charge in [-0.05, 0) is 94.2 Å². The minimum absolute atomic E-state index is 0.0127.